The smallest absolute Gasteiger partial charge is 0.333 e. The molecule has 7 heteroatoms. The third kappa shape index (κ3) is 3.52. The second kappa shape index (κ2) is 7.44. The number of carbonyl (C=O) groups is 3. The van der Waals surface area contributed by atoms with Gasteiger partial charge in [-0.2, -0.15) is 0 Å². The second-order valence-electron chi connectivity index (χ2n) is 6.58. The van der Waals surface area contributed by atoms with Gasteiger partial charge in [-0.3, -0.25) is 9.59 Å². The van der Waals surface area contributed by atoms with Crippen molar-refractivity contribution < 1.29 is 34.1 Å². The van der Waals surface area contributed by atoms with Crippen LogP contribution in [0, 0.1) is 17.8 Å². The van der Waals surface area contributed by atoms with E-state index in [9.17, 15) is 24.6 Å². The molecule has 0 bridgehead atoms. The third-order valence-corrected chi connectivity index (χ3v) is 4.51. The third-order valence-electron chi connectivity index (χ3n) is 4.51. The Bertz CT molecular complexity index is 547. The van der Waals surface area contributed by atoms with E-state index in [1.54, 1.807) is 20.8 Å². The molecular formula is C17H26O7. The van der Waals surface area contributed by atoms with Crippen LogP contribution in [0.25, 0.3) is 0 Å². The summed E-state index contributed by atoms with van der Waals surface area (Å²) >= 11 is 0. The predicted octanol–water partition coefficient (Wildman–Crippen LogP) is 0.620. The van der Waals surface area contributed by atoms with E-state index in [-0.39, 0.29) is 5.57 Å². The fraction of sp³-hybridized carbons (Fsp3) is 0.706. The molecule has 2 N–H and O–H groups in total. The fourth-order valence-corrected chi connectivity index (χ4v) is 3.26. The molecule has 1 rings (SSSR count). The van der Waals surface area contributed by atoms with E-state index in [4.69, 9.17) is 9.47 Å². The van der Waals surface area contributed by atoms with E-state index in [0.717, 1.165) is 0 Å². The average molecular weight is 342 g/mol. The summed E-state index contributed by atoms with van der Waals surface area (Å²) in [5.41, 5.74) is -1.77. The Labute approximate surface area is 141 Å². The van der Waals surface area contributed by atoms with Gasteiger partial charge in [-0.25, -0.2) is 4.79 Å². The maximum atomic E-state index is 12.1. The average Bonchev–Trinajstić information content (AvgIpc) is 2.68. The van der Waals surface area contributed by atoms with Crippen molar-refractivity contribution in [2.75, 3.05) is 7.11 Å². The number of hydrogen-bond donors (Lipinski definition) is 2. The molecule has 7 nitrogen and oxygen atoms in total. The van der Waals surface area contributed by atoms with Gasteiger partial charge in [0.1, 0.15) is 23.6 Å². The van der Waals surface area contributed by atoms with Crippen LogP contribution in [0.5, 0.6) is 0 Å². The van der Waals surface area contributed by atoms with Gasteiger partial charge >= 0.3 is 11.9 Å². The molecule has 0 heterocycles. The van der Waals surface area contributed by atoms with Crippen molar-refractivity contribution in [3.8, 4) is 0 Å². The molecule has 0 saturated heterocycles. The first-order valence-electron chi connectivity index (χ1n) is 7.86. The summed E-state index contributed by atoms with van der Waals surface area (Å²) in [6, 6.07) is 0. The summed E-state index contributed by atoms with van der Waals surface area (Å²) in [5.74, 6) is -4.29. The number of esters is 2. The monoisotopic (exact) mass is 342 g/mol. The first-order chi connectivity index (χ1) is 11.0. The zero-order chi connectivity index (χ0) is 18.8. The number of rotatable bonds is 5. The second-order valence-corrected chi connectivity index (χ2v) is 6.58. The Kier molecular flexibility index (Phi) is 6.30. The van der Waals surface area contributed by atoms with Gasteiger partial charge in [0.2, 0.25) is 0 Å². The van der Waals surface area contributed by atoms with Crippen LogP contribution in [0.1, 0.15) is 34.6 Å². The lowest BCUT2D eigenvalue weighted by Crippen LogP contribution is -2.45. The normalized spacial score (nSPS) is 33.5. The number of carbonyl (C=O) groups excluding carboxylic acids is 3. The molecule has 0 radical (unpaired) electrons. The van der Waals surface area contributed by atoms with Gasteiger partial charge in [-0.1, -0.05) is 19.9 Å². The first kappa shape index (κ1) is 20.3. The maximum absolute atomic E-state index is 12.1. The van der Waals surface area contributed by atoms with Crippen LogP contribution in [-0.4, -0.2) is 52.9 Å². The van der Waals surface area contributed by atoms with Crippen LogP contribution in [0.2, 0.25) is 0 Å². The molecule has 0 aromatic carbocycles. The molecular weight excluding hydrogens is 316 g/mol. The Morgan fingerprint density at radius 1 is 1.25 bits per heavy atom. The van der Waals surface area contributed by atoms with Crippen molar-refractivity contribution in [3.63, 3.8) is 0 Å². The van der Waals surface area contributed by atoms with Crippen molar-refractivity contribution in [1.82, 2.24) is 0 Å². The molecule has 1 fully saturated rings. The Morgan fingerprint density at radius 3 is 2.17 bits per heavy atom. The molecule has 0 aromatic heterocycles. The number of allylic oxidation sites excluding steroid dienone is 1. The highest BCUT2D eigenvalue weighted by Gasteiger charge is 2.62. The molecule has 0 spiro atoms. The van der Waals surface area contributed by atoms with Gasteiger partial charge in [0.25, 0.3) is 0 Å². The lowest BCUT2D eigenvalue weighted by Gasteiger charge is -2.28. The summed E-state index contributed by atoms with van der Waals surface area (Å²) < 4.78 is 10.1. The molecule has 24 heavy (non-hydrogen) atoms. The summed E-state index contributed by atoms with van der Waals surface area (Å²) in [4.78, 5) is 36.2. The van der Waals surface area contributed by atoms with Crippen molar-refractivity contribution in [1.29, 1.82) is 0 Å². The predicted molar refractivity (Wildman–Crippen MR) is 84.8 cm³/mol. The molecule has 0 aromatic rings. The van der Waals surface area contributed by atoms with Crippen molar-refractivity contribution in [2.45, 2.75) is 52.4 Å². The number of aliphatic hydroxyl groups is 2. The number of hydrogen-bond acceptors (Lipinski definition) is 7. The SMILES string of the molecule is C/C=C(/C(=O)OC)[C@H]1[C@H](OC(=O)C(C)C)[C@H](O)[C@](C)(O)[C@H]1C(C)=O. The Balaban J connectivity index is 3.43. The molecule has 1 aliphatic rings. The lowest BCUT2D eigenvalue weighted by atomic mass is 9.79. The molecule has 1 saturated carbocycles. The summed E-state index contributed by atoms with van der Waals surface area (Å²) in [6.07, 6.45) is -1.30. The molecule has 136 valence electrons. The zero-order valence-corrected chi connectivity index (χ0v) is 14.9. The van der Waals surface area contributed by atoms with Gasteiger partial charge in [-0.15, -0.1) is 0 Å². The van der Waals surface area contributed by atoms with Gasteiger partial charge < -0.3 is 19.7 Å². The Morgan fingerprint density at radius 2 is 1.79 bits per heavy atom. The fourth-order valence-electron chi connectivity index (χ4n) is 3.26. The van der Waals surface area contributed by atoms with E-state index >= 15 is 0 Å². The van der Waals surface area contributed by atoms with E-state index in [1.165, 1.54) is 27.0 Å². The number of ketones is 1. The van der Waals surface area contributed by atoms with E-state index in [2.05, 4.69) is 0 Å². The topological polar surface area (TPSA) is 110 Å². The quantitative estimate of drug-likeness (QED) is 0.556. The summed E-state index contributed by atoms with van der Waals surface area (Å²) in [5, 5.41) is 21.1. The van der Waals surface area contributed by atoms with Crippen LogP contribution in [0.15, 0.2) is 11.6 Å². The first-order valence-corrected chi connectivity index (χ1v) is 7.86. The minimum Gasteiger partial charge on any atom is -0.466 e. The zero-order valence-electron chi connectivity index (χ0n) is 14.9. The highest BCUT2D eigenvalue weighted by atomic mass is 16.6. The number of Topliss-reactive ketones (excluding diaryl/α,β-unsaturated/α-hetero) is 1. The van der Waals surface area contributed by atoms with Crippen LogP contribution in [0.3, 0.4) is 0 Å². The minimum atomic E-state index is -1.85. The number of aliphatic hydroxyl groups excluding tert-OH is 1. The molecule has 5 atom stereocenters. The maximum Gasteiger partial charge on any atom is 0.333 e. The molecule has 1 aliphatic carbocycles. The number of ether oxygens (including phenoxy) is 2. The molecule has 0 amide bonds. The molecule has 0 unspecified atom stereocenters. The van der Waals surface area contributed by atoms with Gasteiger partial charge in [0, 0.05) is 11.5 Å². The summed E-state index contributed by atoms with van der Waals surface area (Å²) in [7, 11) is 1.19. The summed E-state index contributed by atoms with van der Waals surface area (Å²) in [6.45, 7) is 7.37. The van der Waals surface area contributed by atoms with Gasteiger partial charge in [0.05, 0.1) is 18.9 Å². The van der Waals surface area contributed by atoms with Crippen molar-refractivity contribution in [2.24, 2.45) is 17.8 Å². The van der Waals surface area contributed by atoms with Crippen LogP contribution < -0.4 is 0 Å². The van der Waals surface area contributed by atoms with Gasteiger partial charge in [-0.05, 0) is 20.8 Å². The van der Waals surface area contributed by atoms with Crippen LogP contribution >= 0.6 is 0 Å². The van der Waals surface area contributed by atoms with E-state index in [0.29, 0.717) is 0 Å². The van der Waals surface area contributed by atoms with Crippen LogP contribution in [0.4, 0.5) is 0 Å². The Hall–Kier alpha value is -1.73. The molecule has 0 aliphatic heterocycles. The van der Waals surface area contributed by atoms with Gasteiger partial charge in [0.15, 0.2) is 0 Å². The highest BCUT2D eigenvalue weighted by molar-refractivity contribution is 5.92. The minimum absolute atomic E-state index is 0.0797. The van der Waals surface area contributed by atoms with E-state index < -0.39 is 53.3 Å². The lowest BCUT2D eigenvalue weighted by molar-refractivity contribution is -0.164. The number of methoxy groups -OCH3 is 1. The van der Waals surface area contributed by atoms with Crippen molar-refractivity contribution >= 4 is 17.7 Å². The van der Waals surface area contributed by atoms with Crippen LogP contribution in [-0.2, 0) is 23.9 Å². The highest BCUT2D eigenvalue weighted by Crippen LogP contribution is 2.46. The largest absolute Gasteiger partial charge is 0.466 e. The van der Waals surface area contributed by atoms with E-state index in [1.807, 2.05) is 0 Å². The standard InChI is InChI=1S/C17H26O7/c1-7-10(16(21)23-6)11-12(9(4)18)17(5,22)14(19)13(11)24-15(20)8(2)3/h7-8,11-14,19,22H,1-6H3/b10-7+/t11-,12+,13+,14+,17-/m1/s1. The van der Waals surface area contributed by atoms with Crippen molar-refractivity contribution in [3.05, 3.63) is 11.6 Å².